The molecule has 96 valence electrons. The Morgan fingerprint density at radius 2 is 2.00 bits per heavy atom. The van der Waals surface area contributed by atoms with Crippen LogP contribution in [-0.2, 0) is 0 Å². The molecule has 1 aliphatic carbocycles. The van der Waals surface area contributed by atoms with Crippen LogP contribution in [0.25, 0.3) is 0 Å². The summed E-state index contributed by atoms with van der Waals surface area (Å²) < 4.78 is 0. The Kier molecular flexibility index (Phi) is 4.25. The van der Waals surface area contributed by atoms with Gasteiger partial charge in [-0.1, -0.05) is 19.3 Å². The van der Waals surface area contributed by atoms with Gasteiger partial charge in [0.2, 0.25) is 0 Å². The Labute approximate surface area is 110 Å². The van der Waals surface area contributed by atoms with E-state index in [1.807, 2.05) is 19.1 Å². The topological polar surface area (TPSA) is 35.8 Å². The van der Waals surface area contributed by atoms with Crippen LogP contribution in [-0.4, -0.2) is 6.04 Å². The van der Waals surface area contributed by atoms with Gasteiger partial charge in [0.05, 0.1) is 11.6 Å². The Hall–Kier alpha value is -1.49. The Bertz CT molecular complexity index is 439. The predicted octanol–water partition coefficient (Wildman–Crippen LogP) is 4.25. The van der Waals surface area contributed by atoms with Gasteiger partial charge in [-0.25, -0.2) is 0 Å². The van der Waals surface area contributed by atoms with E-state index < -0.39 is 0 Å². The summed E-state index contributed by atoms with van der Waals surface area (Å²) in [7, 11) is 0. The molecule has 0 amide bonds. The van der Waals surface area contributed by atoms with Crippen molar-refractivity contribution in [2.24, 2.45) is 5.92 Å². The predicted molar refractivity (Wildman–Crippen MR) is 75.6 cm³/mol. The van der Waals surface area contributed by atoms with Gasteiger partial charge in [-0.05, 0) is 56.4 Å². The molecule has 0 bridgehead atoms. The van der Waals surface area contributed by atoms with Crippen LogP contribution < -0.4 is 5.32 Å². The zero-order chi connectivity index (χ0) is 13.0. The molecule has 1 aromatic rings. The molecule has 1 atom stereocenters. The van der Waals surface area contributed by atoms with Crippen LogP contribution in [0.3, 0.4) is 0 Å². The molecule has 1 N–H and O–H groups in total. The van der Waals surface area contributed by atoms with Crippen LogP contribution in [0.5, 0.6) is 0 Å². The van der Waals surface area contributed by atoms with Crippen molar-refractivity contribution in [3.05, 3.63) is 29.3 Å². The molecule has 0 radical (unpaired) electrons. The van der Waals surface area contributed by atoms with Crippen LogP contribution >= 0.6 is 0 Å². The van der Waals surface area contributed by atoms with Crippen LogP contribution in [0.15, 0.2) is 18.2 Å². The molecule has 2 rings (SSSR count). The molecule has 18 heavy (non-hydrogen) atoms. The van der Waals surface area contributed by atoms with Crippen molar-refractivity contribution in [1.82, 2.24) is 0 Å². The molecule has 1 saturated carbocycles. The van der Waals surface area contributed by atoms with E-state index in [9.17, 15) is 0 Å². The number of nitrogens with one attached hydrogen (secondary N) is 1. The highest BCUT2D eigenvalue weighted by Gasteiger charge is 2.19. The second-order valence-corrected chi connectivity index (χ2v) is 5.47. The maximum atomic E-state index is 8.92. The van der Waals surface area contributed by atoms with E-state index in [2.05, 4.69) is 24.4 Å². The lowest BCUT2D eigenvalue weighted by atomic mass is 9.84. The lowest BCUT2D eigenvalue weighted by Crippen LogP contribution is -2.27. The van der Waals surface area contributed by atoms with E-state index in [1.54, 1.807) is 0 Å². The Morgan fingerprint density at radius 1 is 1.28 bits per heavy atom. The van der Waals surface area contributed by atoms with Gasteiger partial charge in [-0.3, -0.25) is 0 Å². The SMILES string of the molecule is Cc1cc(NC(C)C2CCCCC2)ccc1C#N. The number of aryl methyl sites for hydroxylation is 1. The Morgan fingerprint density at radius 3 is 2.61 bits per heavy atom. The number of rotatable bonds is 3. The van der Waals surface area contributed by atoms with Gasteiger partial charge in [-0.15, -0.1) is 0 Å². The third-order valence-electron chi connectivity index (χ3n) is 4.10. The molecule has 1 fully saturated rings. The maximum Gasteiger partial charge on any atom is 0.0994 e. The van der Waals surface area contributed by atoms with Gasteiger partial charge in [0.15, 0.2) is 0 Å². The van der Waals surface area contributed by atoms with E-state index in [4.69, 9.17) is 5.26 Å². The van der Waals surface area contributed by atoms with Gasteiger partial charge in [0, 0.05) is 11.7 Å². The molecular weight excluding hydrogens is 220 g/mol. The van der Waals surface area contributed by atoms with Gasteiger partial charge in [0.25, 0.3) is 0 Å². The summed E-state index contributed by atoms with van der Waals surface area (Å²) in [6, 6.07) is 8.74. The molecular formula is C16H22N2. The standard InChI is InChI=1S/C16H22N2/c1-12-10-16(9-8-15(12)11-17)18-13(2)14-6-4-3-5-7-14/h8-10,13-14,18H,3-7H2,1-2H3. The van der Waals surface area contributed by atoms with Gasteiger partial charge in [0.1, 0.15) is 0 Å². The third-order valence-corrected chi connectivity index (χ3v) is 4.10. The van der Waals surface area contributed by atoms with Gasteiger partial charge < -0.3 is 5.32 Å². The van der Waals surface area contributed by atoms with Crippen LogP contribution in [0.2, 0.25) is 0 Å². The van der Waals surface area contributed by atoms with Crippen molar-refractivity contribution in [2.75, 3.05) is 5.32 Å². The number of hydrogen-bond acceptors (Lipinski definition) is 2. The molecule has 0 aromatic heterocycles. The average Bonchev–Trinajstić information content (AvgIpc) is 2.40. The highest BCUT2D eigenvalue weighted by Crippen LogP contribution is 2.28. The molecule has 1 aromatic carbocycles. The first kappa shape index (κ1) is 13.0. The summed E-state index contributed by atoms with van der Waals surface area (Å²) in [4.78, 5) is 0. The van der Waals surface area contributed by atoms with Crippen LogP contribution in [0.4, 0.5) is 5.69 Å². The molecule has 1 unspecified atom stereocenters. The summed E-state index contributed by atoms with van der Waals surface area (Å²) in [5.74, 6) is 0.801. The molecule has 0 saturated heterocycles. The van der Waals surface area contributed by atoms with Crippen molar-refractivity contribution in [2.45, 2.75) is 52.0 Å². The van der Waals surface area contributed by atoms with Crippen molar-refractivity contribution >= 4 is 5.69 Å². The van der Waals surface area contributed by atoms with E-state index in [0.29, 0.717) is 6.04 Å². The molecule has 2 heteroatoms. The molecule has 0 spiro atoms. The first-order valence-corrected chi connectivity index (χ1v) is 6.98. The zero-order valence-corrected chi connectivity index (χ0v) is 11.4. The van der Waals surface area contributed by atoms with Gasteiger partial charge >= 0.3 is 0 Å². The van der Waals surface area contributed by atoms with Crippen molar-refractivity contribution < 1.29 is 0 Å². The molecule has 1 aliphatic rings. The number of hydrogen-bond donors (Lipinski definition) is 1. The number of nitrogens with zero attached hydrogens (tertiary/aromatic N) is 1. The summed E-state index contributed by atoms with van der Waals surface area (Å²) in [6.45, 7) is 4.28. The minimum atomic E-state index is 0.526. The summed E-state index contributed by atoms with van der Waals surface area (Å²) >= 11 is 0. The second-order valence-electron chi connectivity index (χ2n) is 5.47. The maximum absolute atomic E-state index is 8.92. The highest BCUT2D eigenvalue weighted by atomic mass is 14.9. The van der Waals surface area contributed by atoms with Crippen molar-refractivity contribution in [3.8, 4) is 6.07 Å². The highest BCUT2D eigenvalue weighted by molar-refractivity contribution is 5.52. The summed E-state index contributed by atoms with van der Waals surface area (Å²) in [5, 5.41) is 12.5. The molecule has 0 aliphatic heterocycles. The minimum absolute atomic E-state index is 0.526. The smallest absolute Gasteiger partial charge is 0.0994 e. The number of anilines is 1. The fourth-order valence-corrected chi connectivity index (χ4v) is 2.89. The van der Waals surface area contributed by atoms with Crippen LogP contribution in [0, 0.1) is 24.2 Å². The quantitative estimate of drug-likeness (QED) is 0.860. The first-order valence-electron chi connectivity index (χ1n) is 6.98. The lowest BCUT2D eigenvalue weighted by Gasteiger charge is -2.29. The van der Waals surface area contributed by atoms with Crippen LogP contribution in [0.1, 0.15) is 50.2 Å². The fraction of sp³-hybridized carbons (Fsp3) is 0.562. The number of benzene rings is 1. The normalized spacial score (nSPS) is 18.1. The van der Waals surface area contributed by atoms with E-state index in [-0.39, 0.29) is 0 Å². The summed E-state index contributed by atoms with van der Waals surface area (Å²) in [6.07, 6.45) is 6.86. The fourth-order valence-electron chi connectivity index (χ4n) is 2.89. The molecule has 0 heterocycles. The van der Waals surface area contributed by atoms with Gasteiger partial charge in [-0.2, -0.15) is 5.26 Å². The van der Waals surface area contributed by atoms with E-state index in [0.717, 1.165) is 22.7 Å². The summed E-state index contributed by atoms with van der Waals surface area (Å²) in [5.41, 5.74) is 2.97. The number of nitriles is 1. The first-order chi connectivity index (χ1) is 8.70. The zero-order valence-electron chi connectivity index (χ0n) is 11.4. The largest absolute Gasteiger partial charge is 0.382 e. The van der Waals surface area contributed by atoms with E-state index in [1.165, 1.54) is 32.1 Å². The average molecular weight is 242 g/mol. The minimum Gasteiger partial charge on any atom is -0.382 e. The monoisotopic (exact) mass is 242 g/mol. The lowest BCUT2D eigenvalue weighted by molar-refractivity contribution is 0.328. The third kappa shape index (κ3) is 3.04. The van der Waals surface area contributed by atoms with Crippen molar-refractivity contribution in [3.63, 3.8) is 0 Å². The van der Waals surface area contributed by atoms with Crippen molar-refractivity contribution in [1.29, 1.82) is 5.26 Å². The molecule has 2 nitrogen and oxygen atoms in total. The second kappa shape index (κ2) is 5.91. The van der Waals surface area contributed by atoms with E-state index >= 15 is 0 Å². The Balaban J connectivity index is 2.00.